The van der Waals surface area contributed by atoms with Crippen LogP contribution in [0, 0.1) is 0 Å². The summed E-state index contributed by atoms with van der Waals surface area (Å²) in [6, 6.07) is 0.167. The molecule has 0 aromatic heterocycles. The lowest BCUT2D eigenvalue weighted by atomic mass is 10.3. The van der Waals surface area contributed by atoms with E-state index in [2.05, 4.69) is 17.9 Å². The Labute approximate surface area is 65.9 Å². The minimum atomic E-state index is -0.320. The highest BCUT2D eigenvalue weighted by atomic mass is 16.5. The smallest absolute Gasteiger partial charge is 0.410 e. The number of nitrogens with zero attached hydrogens (tertiary/aromatic N) is 1. The lowest BCUT2D eigenvalue weighted by Gasteiger charge is -1.98. The van der Waals surface area contributed by atoms with Gasteiger partial charge in [0.25, 0.3) is 0 Å². The molecule has 0 aromatic carbocycles. The largest absolute Gasteiger partial charge is 0.453 e. The van der Waals surface area contributed by atoms with Gasteiger partial charge in [-0.2, -0.15) is 0 Å². The van der Waals surface area contributed by atoms with Gasteiger partial charge in [0.2, 0.25) is 0 Å². The van der Waals surface area contributed by atoms with Gasteiger partial charge < -0.3 is 4.74 Å². The molecule has 0 saturated carbocycles. The summed E-state index contributed by atoms with van der Waals surface area (Å²) in [7, 11) is 1.36. The Morgan fingerprint density at radius 1 is 1.45 bits per heavy atom. The molecule has 60 valence electrons. The lowest BCUT2D eigenvalue weighted by molar-refractivity contribution is 0.152. The first-order valence-electron chi connectivity index (χ1n) is 3.37. The van der Waals surface area contributed by atoms with E-state index in [4.69, 9.17) is 0 Å². The van der Waals surface area contributed by atoms with E-state index in [9.17, 15) is 4.79 Å². The minimum absolute atomic E-state index is 0.0833. The Balaban J connectivity index is 2.57. The van der Waals surface area contributed by atoms with Crippen molar-refractivity contribution in [2.75, 3.05) is 7.11 Å². The highest BCUT2D eigenvalue weighted by Gasteiger charge is 2.47. The molecule has 1 heterocycles. The van der Waals surface area contributed by atoms with Gasteiger partial charge in [0.15, 0.2) is 0 Å². The maximum Gasteiger partial charge on any atom is 0.410 e. The Hall–Kier alpha value is -1.25. The maximum atomic E-state index is 10.9. The molecule has 1 amide bonds. The van der Waals surface area contributed by atoms with E-state index in [1.54, 1.807) is 17.1 Å². The number of carbonyl (C=O) groups is 1. The molecule has 3 heteroatoms. The Morgan fingerprint density at radius 2 is 1.91 bits per heavy atom. The van der Waals surface area contributed by atoms with Gasteiger partial charge in [0.05, 0.1) is 19.2 Å². The molecule has 0 bridgehead atoms. The number of carbonyl (C=O) groups excluding carboxylic acids is 1. The summed E-state index contributed by atoms with van der Waals surface area (Å²) < 4.78 is 4.53. The highest BCUT2D eigenvalue weighted by Crippen LogP contribution is 2.30. The zero-order valence-electron chi connectivity index (χ0n) is 6.49. The lowest BCUT2D eigenvalue weighted by Crippen LogP contribution is -2.13. The number of hydrogen-bond donors (Lipinski definition) is 0. The fourth-order valence-corrected chi connectivity index (χ4v) is 1.12. The fraction of sp³-hybridized carbons (Fsp3) is 0.375. The van der Waals surface area contributed by atoms with Gasteiger partial charge in [-0.25, -0.2) is 4.79 Å². The van der Waals surface area contributed by atoms with E-state index in [1.165, 1.54) is 7.11 Å². The molecule has 1 aliphatic rings. The summed E-state index contributed by atoms with van der Waals surface area (Å²) in [5, 5.41) is 0. The zero-order chi connectivity index (χ0) is 8.43. The molecule has 1 rings (SSSR count). The summed E-state index contributed by atoms with van der Waals surface area (Å²) in [6.45, 7) is 7.18. The number of amides is 1. The molecule has 1 aliphatic heterocycles. The molecule has 1 saturated heterocycles. The molecule has 3 nitrogen and oxygen atoms in total. The molecule has 0 N–H and O–H groups in total. The second-order valence-corrected chi connectivity index (χ2v) is 2.33. The van der Waals surface area contributed by atoms with Crippen LogP contribution in [0.25, 0.3) is 0 Å². The number of ether oxygens (including phenoxy) is 1. The third-order valence-corrected chi connectivity index (χ3v) is 1.77. The van der Waals surface area contributed by atoms with Crippen molar-refractivity contribution in [3.8, 4) is 0 Å². The van der Waals surface area contributed by atoms with Gasteiger partial charge in [0, 0.05) is 0 Å². The van der Waals surface area contributed by atoms with Crippen molar-refractivity contribution in [2.45, 2.75) is 12.1 Å². The summed E-state index contributed by atoms with van der Waals surface area (Å²) in [5.74, 6) is 0. The van der Waals surface area contributed by atoms with E-state index >= 15 is 0 Å². The summed E-state index contributed by atoms with van der Waals surface area (Å²) in [5.41, 5.74) is 0. The molecular formula is C8H11NO2. The second-order valence-electron chi connectivity index (χ2n) is 2.33. The van der Waals surface area contributed by atoms with E-state index in [-0.39, 0.29) is 18.2 Å². The highest BCUT2D eigenvalue weighted by molar-refractivity contribution is 5.73. The van der Waals surface area contributed by atoms with Gasteiger partial charge in [-0.1, -0.05) is 12.2 Å². The molecule has 0 aliphatic carbocycles. The molecule has 0 aromatic rings. The Morgan fingerprint density at radius 3 is 2.18 bits per heavy atom. The van der Waals surface area contributed by atoms with Crippen LogP contribution in [0.15, 0.2) is 25.3 Å². The maximum absolute atomic E-state index is 10.9. The van der Waals surface area contributed by atoms with Gasteiger partial charge >= 0.3 is 6.09 Å². The first-order chi connectivity index (χ1) is 5.26. The number of methoxy groups -OCH3 is 1. The molecule has 0 unspecified atom stereocenters. The molecule has 1 fully saturated rings. The Bertz CT molecular complexity index is 186. The minimum Gasteiger partial charge on any atom is -0.453 e. The van der Waals surface area contributed by atoms with Crippen LogP contribution in [0.2, 0.25) is 0 Å². The topological polar surface area (TPSA) is 29.3 Å². The standard InChI is InChI=1S/C8H11NO2/c1-4-6-7(5-2)9(6)8(10)11-3/h4-7H,1-2H2,3H3/t6-,7+,9?. The van der Waals surface area contributed by atoms with Gasteiger partial charge in [-0.3, -0.25) is 4.90 Å². The average molecular weight is 153 g/mol. The van der Waals surface area contributed by atoms with Crippen LogP contribution in [0.5, 0.6) is 0 Å². The molecule has 2 atom stereocenters. The van der Waals surface area contributed by atoms with Crippen LogP contribution >= 0.6 is 0 Å². The third-order valence-electron chi connectivity index (χ3n) is 1.77. The first-order valence-corrected chi connectivity index (χ1v) is 3.37. The van der Waals surface area contributed by atoms with Crippen LogP contribution in [-0.2, 0) is 4.74 Å². The summed E-state index contributed by atoms with van der Waals surface area (Å²) in [6.07, 6.45) is 3.10. The monoisotopic (exact) mass is 153 g/mol. The average Bonchev–Trinajstić information content (AvgIpc) is 2.76. The van der Waals surface area contributed by atoms with Crippen molar-refractivity contribution in [1.29, 1.82) is 0 Å². The summed E-state index contributed by atoms with van der Waals surface area (Å²) >= 11 is 0. The molecular weight excluding hydrogens is 142 g/mol. The van der Waals surface area contributed by atoms with Crippen molar-refractivity contribution in [3.63, 3.8) is 0 Å². The quantitative estimate of drug-likeness (QED) is 0.440. The van der Waals surface area contributed by atoms with Crippen molar-refractivity contribution < 1.29 is 9.53 Å². The second kappa shape index (κ2) is 2.78. The molecule has 11 heavy (non-hydrogen) atoms. The molecule has 0 radical (unpaired) electrons. The Kier molecular flexibility index (Phi) is 1.98. The predicted octanol–water partition coefficient (Wildman–Crippen LogP) is 1.18. The number of hydrogen-bond acceptors (Lipinski definition) is 2. The van der Waals surface area contributed by atoms with Crippen LogP contribution in [0.3, 0.4) is 0 Å². The van der Waals surface area contributed by atoms with E-state index in [0.29, 0.717) is 0 Å². The van der Waals surface area contributed by atoms with E-state index < -0.39 is 0 Å². The fourth-order valence-electron chi connectivity index (χ4n) is 1.12. The van der Waals surface area contributed by atoms with Crippen molar-refractivity contribution in [2.24, 2.45) is 0 Å². The van der Waals surface area contributed by atoms with Crippen molar-refractivity contribution in [1.82, 2.24) is 4.90 Å². The van der Waals surface area contributed by atoms with Crippen LogP contribution in [0.4, 0.5) is 4.79 Å². The van der Waals surface area contributed by atoms with Crippen LogP contribution in [0.1, 0.15) is 0 Å². The number of rotatable bonds is 2. The van der Waals surface area contributed by atoms with E-state index in [0.717, 1.165) is 0 Å². The van der Waals surface area contributed by atoms with Gasteiger partial charge in [-0.05, 0) is 0 Å². The third kappa shape index (κ3) is 1.13. The predicted molar refractivity (Wildman–Crippen MR) is 42.2 cm³/mol. The van der Waals surface area contributed by atoms with Crippen molar-refractivity contribution >= 4 is 6.09 Å². The first kappa shape index (κ1) is 7.85. The van der Waals surface area contributed by atoms with Crippen molar-refractivity contribution in [3.05, 3.63) is 25.3 Å². The normalized spacial score (nSPS) is 27.5. The molecule has 0 spiro atoms. The summed E-state index contributed by atoms with van der Waals surface area (Å²) in [4.78, 5) is 12.5. The van der Waals surface area contributed by atoms with Crippen LogP contribution < -0.4 is 0 Å². The zero-order valence-corrected chi connectivity index (χ0v) is 6.49. The van der Waals surface area contributed by atoms with Crippen LogP contribution in [-0.4, -0.2) is 30.2 Å². The SMILES string of the molecule is C=C[C@@H]1[C@H](C=C)N1C(=O)OC. The van der Waals surface area contributed by atoms with Gasteiger partial charge in [-0.15, -0.1) is 13.2 Å². The van der Waals surface area contributed by atoms with Gasteiger partial charge in [0.1, 0.15) is 0 Å². The van der Waals surface area contributed by atoms with E-state index in [1.807, 2.05) is 0 Å².